The Hall–Kier alpha value is -3.93. The number of para-hydroxylation sites is 2. The first-order valence-corrected chi connectivity index (χ1v) is 11.2. The molecule has 2 atom stereocenters. The molecule has 0 aliphatic carbocycles. The Morgan fingerprint density at radius 3 is 2.27 bits per heavy atom. The van der Waals surface area contributed by atoms with Gasteiger partial charge in [-0.3, -0.25) is 9.59 Å². The molecule has 166 valence electrons. The van der Waals surface area contributed by atoms with Gasteiger partial charge in [-0.25, -0.2) is 4.98 Å². The lowest BCUT2D eigenvalue weighted by Crippen LogP contribution is -2.46. The number of fused-ring (bicyclic) bond motifs is 3. The highest BCUT2D eigenvalue weighted by molar-refractivity contribution is 5.90. The molecule has 4 aromatic rings. The van der Waals surface area contributed by atoms with Gasteiger partial charge in [0.25, 0.3) is 0 Å². The summed E-state index contributed by atoms with van der Waals surface area (Å²) in [6.07, 6.45) is 0.0665. The molecule has 1 aliphatic heterocycles. The Morgan fingerprint density at radius 2 is 1.55 bits per heavy atom. The molecule has 0 radical (unpaired) electrons. The van der Waals surface area contributed by atoms with Gasteiger partial charge < -0.3 is 14.8 Å². The van der Waals surface area contributed by atoms with Crippen molar-refractivity contribution in [2.45, 2.75) is 38.5 Å². The third-order valence-corrected chi connectivity index (χ3v) is 6.25. The first-order valence-electron chi connectivity index (χ1n) is 11.2. The fraction of sp³-hybridized carbons (Fsp3) is 0.222. The van der Waals surface area contributed by atoms with Crippen LogP contribution in [0.25, 0.3) is 11.0 Å². The van der Waals surface area contributed by atoms with Gasteiger partial charge in [-0.2, -0.15) is 0 Å². The Morgan fingerprint density at radius 1 is 0.909 bits per heavy atom. The topological polar surface area (TPSA) is 67.2 Å². The molecule has 5 rings (SSSR count). The van der Waals surface area contributed by atoms with E-state index in [-0.39, 0.29) is 24.3 Å². The van der Waals surface area contributed by atoms with Crippen molar-refractivity contribution in [3.05, 3.63) is 102 Å². The number of amides is 2. The van der Waals surface area contributed by atoms with Crippen LogP contribution in [0.1, 0.15) is 42.4 Å². The van der Waals surface area contributed by atoms with Gasteiger partial charge in [-0.15, -0.1) is 0 Å². The summed E-state index contributed by atoms with van der Waals surface area (Å²) in [5.74, 6) is 0.597. The van der Waals surface area contributed by atoms with Gasteiger partial charge in [-0.05, 0) is 30.2 Å². The number of nitrogens with zero attached hydrogens (tertiary/aromatic N) is 3. The van der Waals surface area contributed by atoms with Gasteiger partial charge in [0.15, 0.2) is 0 Å². The number of imidazole rings is 1. The monoisotopic (exact) mass is 438 g/mol. The van der Waals surface area contributed by atoms with Crippen molar-refractivity contribution in [3.8, 4) is 0 Å². The second kappa shape index (κ2) is 8.90. The van der Waals surface area contributed by atoms with Gasteiger partial charge in [-0.1, -0.05) is 72.8 Å². The van der Waals surface area contributed by atoms with E-state index < -0.39 is 6.04 Å². The van der Waals surface area contributed by atoms with Crippen LogP contribution in [-0.4, -0.2) is 26.3 Å². The molecule has 0 unspecified atom stereocenters. The number of benzene rings is 3. The first kappa shape index (κ1) is 20.9. The SMILES string of the molecule is C[C@H]1c2nc3ccccc3n2[C@@H](CC(=O)NCc2ccccc2)C(=O)N1Cc1ccccc1. The van der Waals surface area contributed by atoms with Crippen LogP contribution < -0.4 is 5.32 Å². The summed E-state index contributed by atoms with van der Waals surface area (Å²) in [4.78, 5) is 33.4. The molecule has 0 spiro atoms. The molecule has 33 heavy (non-hydrogen) atoms. The average molecular weight is 439 g/mol. The minimum Gasteiger partial charge on any atom is -0.352 e. The van der Waals surface area contributed by atoms with E-state index in [1.807, 2.05) is 101 Å². The van der Waals surface area contributed by atoms with E-state index in [9.17, 15) is 9.59 Å². The van der Waals surface area contributed by atoms with Gasteiger partial charge in [0.05, 0.1) is 23.5 Å². The highest BCUT2D eigenvalue weighted by Gasteiger charge is 2.40. The van der Waals surface area contributed by atoms with E-state index in [0.29, 0.717) is 13.1 Å². The van der Waals surface area contributed by atoms with E-state index in [2.05, 4.69) is 5.32 Å². The second-order valence-corrected chi connectivity index (χ2v) is 8.44. The molecule has 6 nitrogen and oxygen atoms in total. The second-order valence-electron chi connectivity index (χ2n) is 8.44. The number of carbonyl (C=O) groups excluding carboxylic acids is 2. The maximum atomic E-state index is 13.8. The summed E-state index contributed by atoms with van der Waals surface area (Å²) in [6, 6.07) is 26.7. The summed E-state index contributed by atoms with van der Waals surface area (Å²) in [5, 5.41) is 2.97. The zero-order chi connectivity index (χ0) is 22.8. The molecule has 0 saturated carbocycles. The number of carbonyl (C=O) groups is 2. The predicted octanol–water partition coefficient (Wildman–Crippen LogP) is 4.39. The molecular formula is C27H26N4O2. The van der Waals surface area contributed by atoms with Crippen LogP contribution >= 0.6 is 0 Å². The largest absolute Gasteiger partial charge is 0.352 e. The van der Waals surface area contributed by atoms with Crippen molar-refractivity contribution in [2.75, 3.05) is 0 Å². The first-order chi connectivity index (χ1) is 16.1. The number of hydrogen-bond donors (Lipinski definition) is 1. The van der Waals surface area contributed by atoms with Crippen LogP contribution in [0.3, 0.4) is 0 Å². The fourth-order valence-corrected chi connectivity index (χ4v) is 4.54. The summed E-state index contributed by atoms with van der Waals surface area (Å²) >= 11 is 0. The lowest BCUT2D eigenvalue weighted by atomic mass is 10.0. The molecule has 0 saturated heterocycles. The van der Waals surface area contributed by atoms with Gasteiger partial charge in [0.2, 0.25) is 11.8 Å². The third kappa shape index (κ3) is 4.12. The average Bonchev–Trinajstić information content (AvgIpc) is 3.24. The molecular weight excluding hydrogens is 412 g/mol. The van der Waals surface area contributed by atoms with Crippen LogP contribution in [0.4, 0.5) is 0 Å². The molecule has 6 heteroatoms. The van der Waals surface area contributed by atoms with Crippen molar-refractivity contribution < 1.29 is 9.59 Å². The number of rotatable bonds is 6. The molecule has 0 fully saturated rings. The third-order valence-electron chi connectivity index (χ3n) is 6.25. The van der Waals surface area contributed by atoms with Crippen molar-refractivity contribution in [3.63, 3.8) is 0 Å². The van der Waals surface area contributed by atoms with Crippen LogP contribution in [0, 0.1) is 0 Å². The van der Waals surface area contributed by atoms with Gasteiger partial charge >= 0.3 is 0 Å². The van der Waals surface area contributed by atoms with Crippen molar-refractivity contribution in [1.29, 1.82) is 0 Å². The molecule has 1 N–H and O–H groups in total. The zero-order valence-electron chi connectivity index (χ0n) is 18.5. The summed E-state index contributed by atoms with van der Waals surface area (Å²) in [6.45, 7) is 2.92. The number of nitrogens with one attached hydrogen (secondary N) is 1. The van der Waals surface area contributed by atoms with Crippen LogP contribution in [0.15, 0.2) is 84.9 Å². The molecule has 0 bridgehead atoms. The van der Waals surface area contributed by atoms with E-state index in [4.69, 9.17) is 4.98 Å². The molecule has 2 heterocycles. The van der Waals surface area contributed by atoms with Crippen LogP contribution in [0.5, 0.6) is 0 Å². The maximum absolute atomic E-state index is 13.8. The lowest BCUT2D eigenvalue weighted by Gasteiger charge is -2.38. The Bertz CT molecular complexity index is 1280. The lowest BCUT2D eigenvalue weighted by molar-refractivity contribution is -0.142. The Labute approximate surface area is 192 Å². The van der Waals surface area contributed by atoms with E-state index in [1.54, 1.807) is 0 Å². The van der Waals surface area contributed by atoms with Gasteiger partial charge in [0.1, 0.15) is 11.9 Å². The quantitative estimate of drug-likeness (QED) is 0.486. The van der Waals surface area contributed by atoms with E-state index in [0.717, 1.165) is 28.0 Å². The molecule has 1 aromatic heterocycles. The van der Waals surface area contributed by atoms with Crippen molar-refractivity contribution in [2.24, 2.45) is 0 Å². The standard InChI is InChI=1S/C27H26N4O2/c1-19-26-29-22-14-8-9-15-23(22)31(26)24(16-25(32)28-17-20-10-4-2-5-11-20)27(33)30(19)18-21-12-6-3-7-13-21/h2-15,19,24H,16-18H2,1H3,(H,28,32)/t19-,24-/m0/s1. The summed E-state index contributed by atoms with van der Waals surface area (Å²) < 4.78 is 1.96. The number of hydrogen-bond acceptors (Lipinski definition) is 3. The van der Waals surface area contributed by atoms with Crippen molar-refractivity contribution in [1.82, 2.24) is 19.8 Å². The Kier molecular flexibility index (Phi) is 5.65. The van der Waals surface area contributed by atoms with Crippen molar-refractivity contribution >= 4 is 22.8 Å². The summed E-state index contributed by atoms with van der Waals surface area (Å²) in [5.41, 5.74) is 3.79. The molecule has 2 amide bonds. The highest BCUT2D eigenvalue weighted by Crippen LogP contribution is 2.37. The van der Waals surface area contributed by atoms with E-state index in [1.165, 1.54) is 0 Å². The van der Waals surface area contributed by atoms with Crippen LogP contribution in [0.2, 0.25) is 0 Å². The van der Waals surface area contributed by atoms with Crippen LogP contribution in [-0.2, 0) is 22.7 Å². The maximum Gasteiger partial charge on any atom is 0.247 e. The summed E-state index contributed by atoms with van der Waals surface area (Å²) in [7, 11) is 0. The van der Waals surface area contributed by atoms with E-state index >= 15 is 0 Å². The molecule has 1 aliphatic rings. The Balaban J connectivity index is 1.46. The minimum atomic E-state index is -0.636. The zero-order valence-corrected chi connectivity index (χ0v) is 18.5. The minimum absolute atomic E-state index is 0.0585. The highest BCUT2D eigenvalue weighted by atomic mass is 16.2. The molecule has 3 aromatic carbocycles. The van der Waals surface area contributed by atoms with Gasteiger partial charge in [0, 0.05) is 13.1 Å². The fourth-order valence-electron chi connectivity index (χ4n) is 4.54. The smallest absolute Gasteiger partial charge is 0.247 e. The predicted molar refractivity (Wildman–Crippen MR) is 127 cm³/mol. The number of aromatic nitrogens is 2. The normalized spacial score (nSPS) is 17.7.